The number of nitrogens with zero attached hydrogens (tertiary/aromatic N) is 2. The number of halogens is 2. The number of piperidine rings is 2. The molecule has 156 valence electrons. The number of amides is 1. The highest BCUT2D eigenvalue weighted by atomic mass is 19.3. The molecule has 0 aromatic heterocycles. The Morgan fingerprint density at radius 2 is 1.41 bits per heavy atom. The van der Waals surface area contributed by atoms with Crippen LogP contribution in [0.3, 0.4) is 0 Å². The highest BCUT2D eigenvalue weighted by molar-refractivity contribution is 5.90. The maximum Gasteiger partial charge on any atom is 0.251 e. The van der Waals surface area contributed by atoms with Crippen molar-refractivity contribution in [1.82, 2.24) is 9.80 Å². The summed E-state index contributed by atoms with van der Waals surface area (Å²) in [4.78, 5) is 29.7. The van der Waals surface area contributed by atoms with Crippen LogP contribution in [0.2, 0.25) is 0 Å². The maximum atomic E-state index is 13.9. The van der Waals surface area contributed by atoms with Crippen LogP contribution < -0.4 is 0 Å². The van der Waals surface area contributed by atoms with E-state index < -0.39 is 17.3 Å². The molecule has 0 unspecified atom stereocenters. The lowest BCUT2D eigenvalue weighted by Crippen LogP contribution is -2.54. The second kappa shape index (κ2) is 7.76. The number of hydrogen-bond donors (Lipinski definition) is 0. The lowest BCUT2D eigenvalue weighted by molar-refractivity contribution is -0.157. The summed E-state index contributed by atoms with van der Waals surface area (Å²) in [7, 11) is 0. The van der Waals surface area contributed by atoms with Crippen molar-refractivity contribution < 1.29 is 18.4 Å². The third-order valence-electron chi connectivity index (χ3n) is 6.31. The normalized spacial score (nSPS) is 22.9. The predicted octanol–water partition coefficient (Wildman–Crippen LogP) is 3.99. The zero-order valence-electron chi connectivity index (χ0n) is 17.8. The largest absolute Gasteiger partial charge is 0.342 e. The van der Waals surface area contributed by atoms with Crippen molar-refractivity contribution in [1.29, 1.82) is 0 Å². The van der Waals surface area contributed by atoms with Crippen LogP contribution in [0.1, 0.15) is 67.2 Å². The van der Waals surface area contributed by atoms with Crippen molar-refractivity contribution in [2.75, 3.05) is 26.2 Å². The number of hydrogen-bond acceptors (Lipinski definition) is 3. The van der Waals surface area contributed by atoms with Crippen molar-refractivity contribution in [3.8, 4) is 0 Å². The molecule has 0 aliphatic carbocycles. The first-order valence-electron chi connectivity index (χ1n) is 10.2. The molecule has 2 fully saturated rings. The monoisotopic (exact) mass is 386 g/mol. The van der Waals surface area contributed by atoms with Crippen molar-refractivity contribution >= 4 is 11.7 Å². The Balaban J connectivity index is 1.98. The number of ketones is 1. The molecular formula is C21H36F2N2O2. The van der Waals surface area contributed by atoms with Crippen molar-refractivity contribution in [3.05, 3.63) is 0 Å². The van der Waals surface area contributed by atoms with Gasteiger partial charge in [0.2, 0.25) is 5.91 Å². The van der Waals surface area contributed by atoms with E-state index in [2.05, 4.69) is 25.7 Å². The van der Waals surface area contributed by atoms with Gasteiger partial charge in [0.25, 0.3) is 6.43 Å². The summed E-state index contributed by atoms with van der Waals surface area (Å²) in [6.45, 7) is 13.9. The van der Waals surface area contributed by atoms with Crippen LogP contribution in [-0.2, 0) is 9.59 Å². The second-order valence-corrected chi connectivity index (χ2v) is 10.3. The van der Waals surface area contributed by atoms with Gasteiger partial charge in [0.05, 0.1) is 5.41 Å². The molecule has 2 aliphatic heterocycles. The Labute approximate surface area is 162 Å². The Hall–Kier alpha value is -1.04. The molecule has 0 N–H and O–H groups in total. The molecule has 0 saturated carbocycles. The first kappa shape index (κ1) is 22.3. The number of carbonyl (C=O) groups is 2. The van der Waals surface area contributed by atoms with Gasteiger partial charge in [-0.15, -0.1) is 0 Å². The Morgan fingerprint density at radius 1 is 0.926 bits per heavy atom. The molecular weight excluding hydrogens is 350 g/mol. The number of likely N-dealkylation sites (tertiary alicyclic amines) is 2. The molecule has 0 aromatic rings. The minimum atomic E-state index is -2.68. The first-order valence-corrected chi connectivity index (χ1v) is 10.2. The Morgan fingerprint density at radius 3 is 1.78 bits per heavy atom. The van der Waals surface area contributed by atoms with Crippen molar-refractivity contribution in [2.45, 2.75) is 79.2 Å². The first-order chi connectivity index (χ1) is 12.3. The van der Waals surface area contributed by atoms with Crippen LogP contribution in [0.4, 0.5) is 8.78 Å². The summed E-state index contributed by atoms with van der Waals surface area (Å²) in [6, 6.07) is 0. The predicted molar refractivity (Wildman–Crippen MR) is 103 cm³/mol. The van der Waals surface area contributed by atoms with E-state index in [4.69, 9.17) is 0 Å². The van der Waals surface area contributed by atoms with Gasteiger partial charge in [0.15, 0.2) is 0 Å². The van der Waals surface area contributed by atoms with Gasteiger partial charge in [0, 0.05) is 30.0 Å². The average molecular weight is 387 g/mol. The molecule has 0 atom stereocenters. The van der Waals surface area contributed by atoms with Gasteiger partial charge in [-0.25, -0.2) is 8.78 Å². The van der Waals surface area contributed by atoms with Gasteiger partial charge < -0.3 is 4.90 Å². The third-order valence-corrected chi connectivity index (χ3v) is 6.31. The van der Waals surface area contributed by atoms with E-state index in [1.165, 1.54) is 0 Å². The summed E-state index contributed by atoms with van der Waals surface area (Å²) >= 11 is 0. The fourth-order valence-corrected chi connectivity index (χ4v) is 4.47. The maximum absolute atomic E-state index is 13.9. The van der Waals surface area contributed by atoms with E-state index in [9.17, 15) is 18.4 Å². The summed E-state index contributed by atoms with van der Waals surface area (Å²) < 4.78 is 27.7. The standard InChI is InChI=1S/C21H36F2N2O2/c1-19(2,3)17(27)21(18(22)23)9-13-24(14-10-21)16(26)15-7-11-25(12-8-15)20(4,5)6/h15,18H,7-14H2,1-6H3. The van der Waals surface area contributed by atoms with E-state index >= 15 is 0 Å². The van der Waals surface area contributed by atoms with Gasteiger partial charge in [-0.05, 0) is 59.5 Å². The molecule has 0 radical (unpaired) electrons. The number of rotatable bonds is 3. The summed E-state index contributed by atoms with van der Waals surface area (Å²) in [5.74, 6) is -0.328. The highest BCUT2D eigenvalue weighted by Gasteiger charge is 2.52. The second-order valence-electron chi connectivity index (χ2n) is 10.3. The molecule has 0 spiro atoms. The summed E-state index contributed by atoms with van der Waals surface area (Å²) in [5.41, 5.74) is -2.31. The SMILES string of the molecule is CC(C)(C)C(=O)C1(C(F)F)CCN(C(=O)C2CCN(C(C)(C)C)CC2)CC1. The van der Waals surface area contributed by atoms with Crippen LogP contribution in [0.15, 0.2) is 0 Å². The van der Waals surface area contributed by atoms with E-state index in [0.717, 1.165) is 25.9 Å². The minimum Gasteiger partial charge on any atom is -0.342 e. The summed E-state index contributed by atoms with van der Waals surface area (Å²) in [5, 5.41) is 0. The van der Waals surface area contributed by atoms with E-state index in [-0.39, 0.29) is 49.1 Å². The lowest BCUT2D eigenvalue weighted by atomic mass is 9.67. The van der Waals surface area contributed by atoms with Crippen molar-refractivity contribution in [3.63, 3.8) is 0 Å². The molecule has 27 heavy (non-hydrogen) atoms. The summed E-state index contributed by atoms with van der Waals surface area (Å²) in [6.07, 6.45) is -0.932. The molecule has 2 aliphatic rings. The van der Waals surface area contributed by atoms with E-state index in [1.54, 1.807) is 25.7 Å². The Kier molecular flexibility index (Phi) is 6.40. The molecule has 6 heteroatoms. The quantitative estimate of drug-likeness (QED) is 0.736. The van der Waals surface area contributed by atoms with E-state index in [0.29, 0.717) is 0 Å². The molecule has 2 saturated heterocycles. The van der Waals surface area contributed by atoms with Gasteiger partial charge >= 0.3 is 0 Å². The van der Waals surface area contributed by atoms with Crippen LogP contribution in [0, 0.1) is 16.7 Å². The van der Waals surface area contributed by atoms with Gasteiger partial charge in [-0.3, -0.25) is 14.5 Å². The van der Waals surface area contributed by atoms with Crippen LogP contribution in [-0.4, -0.2) is 59.6 Å². The third kappa shape index (κ3) is 4.69. The van der Waals surface area contributed by atoms with Crippen molar-refractivity contribution in [2.24, 2.45) is 16.7 Å². The molecule has 1 amide bonds. The van der Waals surface area contributed by atoms with Gasteiger partial charge in [-0.1, -0.05) is 20.8 Å². The van der Waals surface area contributed by atoms with Crippen LogP contribution in [0.5, 0.6) is 0 Å². The zero-order valence-corrected chi connectivity index (χ0v) is 17.8. The molecule has 4 nitrogen and oxygen atoms in total. The van der Waals surface area contributed by atoms with Gasteiger partial charge in [0.1, 0.15) is 5.78 Å². The Bertz CT molecular complexity index is 548. The molecule has 0 bridgehead atoms. The number of alkyl halides is 2. The number of carbonyl (C=O) groups excluding carboxylic acids is 2. The fraction of sp³-hybridized carbons (Fsp3) is 0.905. The molecule has 0 aromatic carbocycles. The van der Waals surface area contributed by atoms with E-state index in [1.807, 2.05) is 0 Å². The van der Waals surface area contributed by atoms with Crippen LogP contribution in [0.25, 0.3) is 0 Å². The van der Waals surface area contributed by atoms with Crippen LogP contribution >= 0.6 is 0 Å². The highest BCUT2D eigenvalue weighted by Crippen LogP contribution is 2.43. The molecule has 2 rings (SSSR count). The molecule has 2 heterocycles. The smallest absolute Gasteiger partial charge is 0.251 e. The lowest BCUT2D eigenvalue weighted by Gasteiger charge is -2.45. The average Bonchev–Trinajstić information content (AvgIpc) is 2.59. The minimum absolute atomic E-state index is 0.0269. The zero-order chi connectivity index (χ0) is 20.6. The van der Waals surface area contributed by atoms with Gasteiger partial charge in [-0.2, -0.15) is 0 Å². The topological polar surface area (TPSA) is 40.6 Å². The fourth-order valence-electron chi connectivity index (χ4n) is 4.47. The number of Topliss-reactive ketones (excluding diaryl/α,β-unsaturated/α-hetero) is 1.